The minimum Gasteiger partial charge on any atom is -0.478 e. The zero-order valence-electron chi connectivity index (χ0n) is 12.0. The molecule has 3 N–H and O–H groups in total. The Morgan fingerprint density at radius 2 is 1.90 bits per heavy atom. The van der Waals surface area contributed by atoms with E-state index in [0.717, 1.165) is 18.4 Å². The maximum atomic E-state index is 11.9. The Balaban J connectivity index is 1.76. The summed E-state index contributed by atoms with van der Waals surface area (Å²) in [6.45, 7) is 0.997. The molecule has 6 nitrogen and oxygen atoms in total. The van der Waals surface area contributed by atoms with Gasteiger partial charge in [0.2, 0.25) is 0 Å². The molecule has 1 fully saturated rings. The van der Waals surface area contributed by atoms with Crippen LogP contribution in [0.1, 0.15) is 28.8 Å². The molecule has 2 rings (SSSR count). The summed E-state index contributed by atoms with van der Waals surface area (Å²) in [7, 11) is 1.73. The number of amides is 2. The van der Waals surface area contributed by atoms with Crippen molar-refractivity contribution in [2.24, 2.45) is 5.92 Å². The van der Waals surface area contributed by atoms with Crippen molar-refractivity contribution in [3.63, 3.8) is 0 Å². The summed E-state index contributed by atoms with van der Waals surface area (Å²) in [6, 6.07) is 6.24. The van der Waals surface area contributed by atoms with Crippen molar-refractivity contribution in [1.82, 2.24) is 10.2 Å². The number of carbonyl (C=O) groups excluding carboxylic acids is 1. The van der Waals surface area contributed by atoms with Crippen LogP contribution in [0.3, 0.4) is 0 Å². The van der Waals surface area contributed by atoms with Crippen molar-refractivity contribution in [1.29, 1.82) is 0 Å². The van der Waals surface area contributed by atoms with E-state index in [4.69, 9.17) is 5.11 Å². The maximum Gasteiger partial charge on any atom is 0.335 e. The molecule has 0 radical (unpaired) electrons. The second-order valence-electron chi connectivity index (χ2n) is 5.53. The second kappa shape index (κ2) is 6.58. The lowest BCUT2D eigenvalue weighted by Crippen LogP contribution is -2.43. The summed E-state index contributed by atoms with van der Waals surface area (Å²) < 4.78 is 0. The molecule has 0 saturated heterocycles. The Hall–Kier alpha value is -2.08. The monoisotopic (exact) mass is 292 g/mol. The van der Waals surface area contributed by atoms with Crippen LogP contribution in [0.25, 0.3) is 0 Å². The predicted molar refractivity (Wildman–Crippen MR) is 77.0 cm³/mol. The molecule has 0 bridgehead atoms. The molecule has 21 heavy (non-hydrogen) atoms. The number of aliphatic hydroxyl groups is 1. The minimum atomic E-state index is -0.965. The third-order valence-corrected chi connectivity index (χ3v) is 3.73. The van der Waals surface area contributed by atoms with Crippen molar-refractivity contribution in [3.8, 4) is 0 Å². The average molecular weight is 292 g/mol. The van der Waals surface area contributed by atoms with Crippen molar-refractivity contribution < 1.29 is 19.8 Å². The van der Waals surface area contributed by atoms with Crippen molar-refractivity contribution >= 4 is 12.0 Å². The summed E-state index contributed by atoms with van der Waals surface area (Å²) in [6.07, 6.45) is 1.31. The molecule has 1 aromatic rings. The minimum absolute atomic E-state index is 0.168. The van der Waals surface area contributed by atoms with Gasteiger partial charge in [-0.25, -0.2) is 9.59 Å². The zero-order chi connectivity index (χ0) is 15.4. The lowest BCUT2D eigenvalue weighted by molar-refractivity contribution is 0.0325. The molecule has 1 aliphatic carbocycles. The Labute approximate surface area is 123 Å². The highest BCUT2D eigenvalue weighted by molar-refractivity contribution is 5.87. The van der Waals surface area contributed by atoms with Gasteiger partial charge in [-0.2, -0.15) is 0 Å². The smallest absolute Gasteiger partial charge is 0.335 e. The van der Waals surface area contributed by atoms with Crippen LogP contribution < -0.4 is 5.32 Å². The fourth-order valence-corrected chi connectivity index (χ4v) is 2.40. The molecular weight excluding hydrogens is 272 g/mol. The molecule has 1 saturated carbocycles. The molecule has 0 heterocycles. The number of carboxylic acid groups (broad SMARTS) is 1. The molecule has 0 aromatic heterocycles. The number of benzene rings is 1. The highest BCUT2D eigenvalue weighted by Gasteiger charge is 2.28. The van der Waals surface area contributed by atoms with Gasteiger partial charge in [0.15, 0.2) is 0 Å². The number of rotatable bonds is 5. The van der Waals surface area contributed by atoms with Crippen LogP contribution in [0.2, 0.25) is 0 Å². The van der Waals surface area contributed by atoms with E-state index >= 15 is 0 Å². The molecule has 0 atom stereocenters. The van der Waals surface area contributed by atoms with E-state index in [-0.39, 0.29) is 17.7 Å². The van der Waals surface area contributed by atoms with Crippen LogP contribution in [0.15, 0.2) is 24.3 Å². The number of carbonyl (C=O) groups is 2. The molecule has 6 heteroatoms. The summed E-state index contributed by atoms with van der Waals surface area (Å²) in [5.41, 5.74) is 1.08. The topological polar surface area (TPSA) is 89.9 Å². The lowest BCUT2D eigenvalue weighted by Gasteiger charge is -2.34. The van der Waals surface area contributed by atoms with Crippen molar-refractivity contribution in [2.45, 2.75) is 25.5 Å². The Bertz CT molecular complexity index is 509. The standard InChI is InChI=1S/C15H20N2O4/c1-17(9-11-6-13(18)7-11)15(21)16-8-10-2-4-12(5-3-10)14(19)20/h2-5,11,13,18H,6-9H2,1H3,(H,16,21)(H,19,20). The van der Waals surface area contributed by atoms with Crippen LogP contribution in [-0.2, 0) is 6.54 Å². The van der Waals surface area contributed by atoms with Gasteiger partial charge in [-0.05, 0) is 36.5 Å². The molecule has 114 valence electrons. The normalized spacial score (nSPS) is 20.5. The van der Waals surface area contributed by atoms with Crippen LogP contribution in [-0.4, -0.2) is 46.8 Å². The summed E-state index contributed by atoms with van der Waals surface area (Å²) in [4.78, 5) is 24.3. The molecule has 0 aliphatic heterocycles. The SMILES string of the molecule is CN(CC1CC(O)C1)C(=O)NCc1ccc(C(=O)O)cc1. The fourth-order valence-electron chi connectivity index (χ4n) is 2.40. The van der Waals surface area contributed by atoms with E-state index in [0.29, 0.717) is 19.0 Å². The quantitative estimate of drug-likeness (QED) is 0.763. The van der Waals surface area contributed by atoms with Gasteiger partial charge in [0.1, 0.15) is 0 Å². The van der Waals surface area contributed by atoms with Crippen LogP contribution >= 0.6 is 0 Å². The van der Waals surface area contributed by atoms with E-state index in [9.17, 15) is 14.7 Å². The van der Waals surface area contributed by atoms with Crippen LogP contribution in [0.4, 0.5) is 4.79 Å². The first-order valence-corrected chi connectivity index (χ1v) is 6.95. The number of aromatic carboxylic acids is 1. The predicted octanol–water partition coefficient (Wildman–Crippen LogP) is 1.30. The number of nitrogens with zero attached hydrogens (tertiary/aromatic N) is 1. The highest BCUT2D eigenvalue weighted by Crippen LogP contribution is 2.27. The van der Waals surface area contributed by atoms with E-state index in [1.807, 2.05) is 0 Å². The third-order valence-electron chi connectivity index (χ3n) is 3.73. The molecular formula is C15H20N2O4. The molecule has 2 amide bonds. The second-order valence-corrected chi connectivity index (χ2v) is 5.53. The van der Waals surface area contributed by atoms with Crippen molar-refractivity contribution in [2.75, 3.05) is 13.6 Å². The van der Waals surface area contributed by atoms with E-state index in [2.05, 4.69) is 5.32 Å². The van der Waals surface area contributed by atoms with Gasteiger partial charge >= 0.3 is 12.0 Å². The van der Waals surface area contributed by atoms with E-state index in [1.165, 1.54) is 12.1 Å². The first-order valence-electron chi connectivity index (χ1n) is 6.95. The maximum absolute atomic E-state index is 11.9. The first-order chi connectivity index (χ1) is 9.95. The van der Waals surface area contributed by atoms with Crippen LogP contribution in [0.5, 0.6) is 0 Å². The Morgan fingerprint density at radius 3 is 2.43 bits per heavy atom. The first kappa shape index (κ1) is 15.3. The van der Waals surface area contributed by atoms with Gasteiger partial charge in [-0.1, -0.05) is 12.1 Å². The summed E-state index contributed by atoms with van der Waals surface area (Å²) >= 11 is 0. The lowest BCUT2D eigenvalue weighted by atomic mass is 9.82. The number of hydrogen-bond donors (Lipinski definition) is 3. The Kier molecular flexibility index (Phi) is 4.80. The number of hydrogen-bond acceptors (Lipinski definition) is 3. The van der Waals surface area contributed by atoms with Crippen molar-refractivity contribution in [3.05, 3.63) is 35.4 Å². The largest absolute Gasteiger partial charge is 0.478 e. The third kappa shape index (κ3) is 4.19. The summed E-state index contributed by atoms with van der Waals surface area (Å²) in [5.74, 6) is -0.585. The van der Waals surface area contributed by atoms with Gasteiger partial charge in [0.05, 0.1) is 11.7 Å². The number of urea groups is 1. The molecule has 0 spiro atoms. The molecule has 0 unspecified atom stereocenters. The number of carboxylic acids is 1. The number of nitrogens with one attached hydrogen (secondary N) is 1. The van der Waals surface area contributed by atoms with Crippen LogP contribution in [0, 0.1) is 5.92 Å². The number of aliphatic hydroxyl groups excluding tert-OH is 1. The van der Waals surface area contributed by atoms with Gasteiger partial charge in [0, 0.05) is 20.1 Å². The molecule has 1 aromatic carbocycles. The van der Waals surface area contributed by atoms with E-state index < -0.39 is 5.97 Å². The summed E-state index contributed by atoms with van der Waals surface area (Å²) in [5, 5.41) is 20.8. The molecule has 1 aliphatic rings. The van der Waals surface area contributed by atoms with Gasteiger partial charge < -0.3 is 20.4 Å². The average Bonchev–Trinajstić information content (AvgIpc) is 2.43. The Morgan fingerprint density at radius 1 is 1.29 bits per heavy atom. The van der Waals surface area contributed by atoms with Gasteiger partial charge in [-0.3, -0.25) is 0 Å². The zero-order valence-corrected chi connectivity index (χ0v) is 12.0. The highest BCUT2D eigenvalue weighted by atomic mass is 16.4. The fraction of sp³-hybridized carbons (Fsp3) is 0.467. The van der Waals surface area contributed by atoms with Gasteiger partial charge in [0.25, 0.3) is 0 Å². The van der Waals surface area contributed by atoms with E-state index in [1.54, 1.807) is 24.1 Å². The van der Waals surface area contributed by atoms with Gasteiger partial charge in [-0.15, -0.1) is 0 Å².